The first-order valence-corrected chi connectivity index (χ1v) is 5.90. The van der Waals surface area contributed by atoms with Crippen LogP contribution in [0.15, 0.2) is 30.5 Å². The fraction of sp³-hybridized carbons (Fsp3) is 0.385. The number of aryl methyl sites for hydroxylation is 1. The molecule has 2 aromatic rings. The van der Waals surface area contributed by atoms with Gasteiger partial charge in [0, 0.05) is 18.4 Å². The van der Waals surface area contributed by atoms with Crippen molar-refractivity contribution in [2.75, 3.05) is 0 Å². The molecular formula is C13H16N2O2. The zero-order valence-electron chi connectivity index (χ0n) is 9.67. The average Bonchev–Trinajstić information content (AvgIpc) is 2.72. The van der Waals surface area contributed by atoms with Crippen molar-refractivity contribution in [1.82, 2.24) is 9.78 Å². The van der Waals surface area contributed by atoms with E-state index in [0.29, 0.717) is 0 Å². The van der Waals surface area contributed by atoms with E-state index in [1.807, 2.05) is 29.1 Å². The van der Waals surface area contributed by atoms with Gasteiger partial charge in [-0.15, -0.1) is 0 Å². The number of rotatable bonds is 6. The summed E-state index contributed by atoms with van der Waals surface area (Å²) in [6, 6.07) is 8.11. The largest absolute Gasteiger partial charge is 0.481 e. The Morgan fingerprint density at radius 2 is 2.06 bits per heavy atom. The van der Waals surface area contributed by atoms with E-state index in [1.54, 1.807) is 0 Å². The Hall–Kier alpha value is -1.84. The highest BCUT2D eigenvalue weighted by atomic mass is 16.4. The maximum Gasteiger partial charge on any atom is 0.303 e. The van der Waals surface area contributed by atoms with Crippen LogP contribution in [0.4, 0.5) is 0 Å². The van der Waals surface area contributed by atoms with E-state index in [-0.39, 0.29) is 6.42 Å². The molecule has 0 bridgehead atoms. The van der Waals surface area contributed by atoms with Gasteiger partial charge in [0.05, 0.1) is 11.7 Å². The molecule has 0 aliphatic carbocycles. The molecule has 0 aliphatic heterocycles. The van der Waals surface area contributed by atoms with Crippen molar-refractivity contribution in [1.29, 1.82) is 0 Å². The number of carboxylic acids is 1. The number of fused-ring (bicyclic) bond motifs is 1. The normalized spacial score (nSPS) is 10.8. The number of nitrogens with zero attached hydrogens (tertiary/aromatic N) is 2. The van der Waals surface area contributed by atoms with Crippen molar-refractivity contribution in [3.05, 3.63) is 30.5 Å². The topological polar surface area (TPSA) is 55.1 Å². The highest BCUT2D eigenvalue weighted by molar-refractivity contribution is 5.78. The molecule has 0 aliphatic rings. The summed E-state index contributed by atoms with van der Waals surface area (Å²) in [6.45, 7) is 0.854. The second kappa shape index (κ2) is 5.48. The molecule has 1 heterocycles. The first-order valence-electron chi connectivity index (χ1n) is 5.90. The van der Waals surface area contributed by atoms with Crippen molar-refractivity contribution >= 4 is 16.9 Å². The minimum atomic E-state index is -0.713. The van der Waals surface area contributed by atoms with Gasteiger partial charge in [-0.2, -0.15) is 5.10 Å². The highest BCUT2D eigenvalue weighted by Crippen LogP contribution is 2.13. The summed E-state index contributed by atoms with van der Waals surface area (Å²) >= 11 is 0. The van der Waals surface area contributed by atoms with Crippen LogP contribution in [0.2, 0.25) is 0 Å². The number of hydrogen-bond acceptors (Lipinski definition) is 2. The lowest BCUT2D eigenvalue weighted by molar-refractivity contribution is -0.137. The van der Waals surface area contributed by atoms with Gasteiger partial charge in [-0.05, 0) is 18.9 Å². The standard InChI is InChI=1S/C13H16N2O2/c16-13(17)8-2-1-5-9-15-12-7-4-3-6-11(12)10-14-15/h3-4,6-7,10H,1-2,5,8-9H2,(H,16,17). The Balaban J connectivity index is 1.85. The number of aliphatic carboxylic acids is 1. The molecule has 1 aromatic carbocycles. The zero-order chi connectivity index (χ0) is 12.1. The fourth-order valence-electron chi connectivity index (χ4n) is 1.92. The molecule has 0 unspecified atom stereocenters. The van der Waals surface area contributed by atoms with E-state index in [4.69, 9.17) is 5.11 Å². The van der Waals surface area contributed by atoms with Crippen LogP contribution in [-0.4, -0.2) is 20.9 Å². The van der Waals surface area contributed by atoms with Gasteiger partial charge in [-0.25, -0.2) is 0 Å². The zero-order valence-corrected chi connectivity index (χ0v) is 9.67. The van der Waals surface area contributed by atoms with Gasteiger partial charge in [-0.1, -0.05) is 24.6 Å². The van der Waals surface area contributed by atoms with Crippen molar-refractivity contribution in [3.63, 3.8) is 0 Å². The second-order valence-electron chi connectivity index (χ2n) is 4.13. The number of aromatic nitrogens is 2. The van der Waals surface area contributed by atoms with Crippen molar-refractivity contribution < 1.29 is 9.90 Å². The molecule has 17 heavy (non-hydrogen) atoms. The average molecular weight is 232 g/mol. The van der Waals surface area contributed by atoms with E-state index in [0.717, 1.165) is 36.7 Å². The van der Waals surface area contributed by atoms with Crippen LogP contribution < -0.4 is 0 Å². The predicted octanol–water partition coefficient (Wildman–Crippen LogP) is 2.68. The van der Waals surface area contributed by atoms with Crippen LogP contribution >= 0.6 is 0 Å². The van der Waals surface area contributed by atoms with Crippen LogP contribution in [0.1, 0.15) is 25.7 Å². The fourth-order valence-corrected chi connectivity index (χ4v) is 1.92. The maximum atomic E-state index is 10.3. The molecular weight excluding hydrogens is 216 g/mol. The highest BCUT2D eigenvalue weighted by Gasteiger charge is 2.01. The molecule has 0 saturated carbocycles. The molecule has 2 rings (SSSR count). The van der Waals surface area contributed by atoms with Gasteiger partial charge in [0.1, 0.15) is 0 Å². The Kier molecular flexibility index (Phi) is 3.75. The summed E-state index contributed by atoms with van der Waals surface area (Å²) in [5, 5.41) is 14.0. The lowest BCUT2D eigenvalue weighted by atomic mass is 10.2. The summed E-state index contributed by atoms with van der Waals surface area (Å²) in [7, 11) is 0. The first-order chi connectivity index (χ1) is 8.27. The number of para-hydroxylation sites is 1. The van der Waals surface area contributed by atoms with Crippen LogP contribution in [-0.2, 0) is 11.3 Å². The number of carboxylic acid groups (broad SMARTS) is 1. The van der Waals surface area contributed by atoms with E-state index >= 15 is 0 Å². The maximum absolute atomic E-state index is 10.3. The summed E-state index contributed by atoms with van der Waals surface area (Å²) in [5.74, 6) is -0.713. The van der Waals surface area contributed by atoms with E-state index in [2.05, 4.69) is 11.2 Å². The quantitative estimate of drug-likeness (QED) is 0.779. The molecule has 4 heteroatoms. The third kappa shape index (κ3) is 3.06. The Labute approximate surface area is 99.9 Å². The molecule has 1 aromatic heterocycles. The Bertz CT molecular complexity index is 505. The van der Waals surface area contributed by atoms with Gasteiger partial charge in [0.2, 0.25) is 0 Å². The molecule has 4 nitrogen and oxygen atoms in total. The van der Waals surface area contributed by atoms with E-state index < -0.39 is 5.97 Å². The minimum absolute atomic E-state index is 0.264. The number of carbonyl (C=O) groups is 1. The van der Waals surface area contributed by atoms with Gasteiger partial charge in [0.25, 0.3) is 0 Å². The molecule has 0 amide bonds. The minimum Gasteiger partial charge on any atom is -0.481 e. The van der Waals surface area contributed by atoms with Crippen LogP contribution in [0.3, 0.4) is 0 Å². The molecule has 0 radical (unpaired) electrons. The molecule has 0 saturated heterocycles. The predicted molar refractivity (Wildman–Crippen MR) is 65.8 cm³/mol. The lowest BCUT2D eigenvalue weighted by Crippen LogP contribution is -2.00. The van der Waals surface area contributed by atoms with Crippen molar-refractivity contribution in [2.24, 2.45) is 0 Å². The number of hydrogen-bond donors (Lipinski definition) is 1. The third-order valence-electron chi connectivity index (χ3n) is 2.81. The first kappa shape index (κ1) is 11.6. The van der Waals surface area contributed by atoms with Crippen molar-refractivity contribution in [2.45, 2.75) is 32.2 Å². The Morgan fingerprint density at radius 1 is 1.24 bits per heavy atom. The van der Waals surface area contributed by atoms with Crippen LogP contribution in [0.5, 0.6) is 0 Å². The van der Waals surface area contributed by atoms with Gasteiger partial charge < -0.3 is 5.11 Å². The van der Waals surface area contributed by atoms with Gasteiger partial charge in [-0.3, -0.25) is 9.48 Å². The summed E-state index contributed by atoms with van der Waals surface area (Å²) in [4.78, 5) is 10.3. The molecule has 0 spiro atoms. The number of unbranched alkanes of at least 4 members (excludes halogenated alkanes) is 2. The van der Waals surface area contributed by atoms with Gasteiger partial charge in [0.15, 0.2) is 0 Å². The summed E-state index contributed by atoms with van der Waals surface area (Å²) < 4.78 is 1.98. The number of benzene rings is 1. The second-order valence-corrected chi connectivity index (χ2v) is 4.13. The third-order valence-corrected chi connectivity index (χ3v) is 2.81. The molecule has 0 fully saturated rings. The van der Waals surface area contributed by atoms with E-state index in [1.165, 1.54) is 0 Å². The van der Waals surface area contributed by atoms with Crippen molar-refractivity contribution in [3.8, 4) is 0 Å². The SMILES string of the molecule is O=C(O)CCCCCn1ncc2ccccc21. The smallest absolute Gasteiger partial charge is 0.303 e. The summed E-state index contributed by atoms with van der Waals surface area (Å²) in [6.07, 6.45) is 4.78. The monoisotopic (exact) mass is 232 g/mol. The molecule has 0 atom stereocenters. The van der Waals surface area contributed by atoms with Crippen LogP contribution in [0.25, 0.3) is 10.9 Å². The molecule has 1 N–H and O–H groups in total. The Morgan fingerprint density at radius 3 is 2.88 bits per heavy atom. The van der Waals surface area contributed by atoms with E-state index in [9.17, 15) is 4.79 Å². The van der Waals surface area contributed by atoms with Crippen LogP contribution in [0, 0.1) is 0 Å². The lowest BCUT2D eigenvalue weighted by Gasteiger charge is -2.02. The summed E-state index contributed by atoms with van der Waals surface area (Å²) in [5.41, 5.74) is 1.14. The molecule has 90 valence electrons. The van der Waals surface area contributed by atoms with Gasteiger partial charge >= 0.3 is 5.97 Å².